The van der Waals surface area contributed by atoms with E-state index >= 15 is 0 Å². The zero-order chi connectivity index (χ0) is 48.7. The van der Waals surface area contributed by atoms with Crippen LogP contribution in [0.1, 0.15) is 58.0 Å². The van der Waals surface area contributed by atoms with Crippen molar-refractivity contribution in [3.63, 3.8) is 0 Å². The van der Waals surface area contributed by atoms with E-state index in [4.69, 9.17) is 24.2 Å². The molecule has 0 radical (unpaired) electrons. The van der Waals surface area contributed by atoms with Crippen LogP contribution in [0.25, 0.3) is 45.3 Å². The SMILES string of the molecule is COCCNc1ccc(-c2ccc3c(c2)C(=O)Nc2cccc(n2)-c2nncn2C(c2cc4nc(c2)-c2nncn2CCCCOc2ccc(-c5ccc(OC(F)F)nc5)cc2C(=O)N4)CCCO3)cn1. The molecule has 0 saturated carbocycles. The van der Waals surface area contributed by atoms with E-state index in [-0.39, 0.29) is 29.7 Å². The van der Waals surface area contributed by atoms with Gasteiger partial charge in [0.05, 0.1) is 37.0 Å². The van der Waals surface area contributed by atoms with Crippen molar-refractivity contribution in [1.82, 2.24) is 49.5 Å². The summed E-state index contributed by atoms with van der Waals surface area (Å²) in [6.45, 7) is -0.746. The van der Waals surface area contributed by atoms with E-state index in [0.29, 0.717) is 109 Å². The number of methoxy groups -OCH3 is 1. The summed E-state index contributed by atoms with van der Waals surface area (Å²) in [6, 6.07) is 25.8. The molecule has 2 aliphatic rings. The Hall–Kier alpha value is -8.72. The van der Waals surface area contributed by atoms with Gasteiger partial charge >= 0.3 is 6.61 Å². The molecule has 2 aliphatic heterocycles. The molecule has 19 nitrogen and oxygen atoms in total. The van der Waals surface area contributed by atoms with E-state index in [1.54, 1.807) is 86.6 Å². The number of nitrogens with one attached hydrogen (secondary N) is 3. The number of fused-ring (bicyclic) bond motifs is 10. The Kier molecular flexibility index (Phi) is 13.5. The summed E-state index contributed by atoms with van der Waals surface area (Å²) in [5.41, 5.74) is 4.89. The fraction of sp³-hybridized carbons (Fsp3) is 0.240. The first kappa shape index (κ1) is 46.0. The highest BCUT2D eigenvalue weighted by atomic mass is 19.3. The minimum Gasteiger partial charge on any atom is -0.493 e. The fourth-order valence-corrected chi connectivity index (χ4v) is 8.37. The summed E-state index contributed by atoms with van der Waals surface area (Å²) in [4.78, 5) is 46.9. The van der Waals surface area contributed by atoms with Crippen molar-refractivity contribution >= 4 is 29.3 Å². The molecule has 8 heterocycles. The Morgan fingerprint density at radius 3 is 2.14 bits per heavy atom. The van der Waals surface area contributed by atoms with Gasteiger partial charge in [-0.1, -0.05) is 18.2 Å². The highest BCUT2D eigenvalue weighted by molar-refractivity contribution is 6.07. The van der Waals surface area contributed by atoms with Crippen molar-refractivity contribution in [2.24, 2.45) is 0 Å². The Balaban J connectivity index is 1.00. The number of hydrogen-bond donors (Lipinski definition) is 3. The lowest BCUT2D eigenvalue weighted by Gasteiger charge is -2.23. The average Bonchev–Trinajstić information content (AvgIpc) is 4.07. The molecular weight excluding hydrogens is 917 g/mol. The number of alkyl halides is 2. The highest BCUT2D eigenvalue weighted by Gasteiger charge is 2.26. The van der Waals surface area contributed by atoms with E-state index in [0.717, 1.165) is 16.7 Å². The van der Waals surface area contributed by atoms with Gasteiger partial charge in [0.15, 0.2) is 11.6 Å². The summed E-state index contributed by atoms with van der Waals surface area (Å²) < 4.78 is 51.7. The van der Waals surface area contributed by atoms with E-state index in [1.165, 1.54) is 12.3 Å². The predicted molar refractivity (Wildman–Crippen MR) is 256 cm³/mol. The normalized spacial score (nSPS) is 15.0. The third-order valence-corrected chi connectivity index (χ3v) is 11.8. The molecular formula is C50H45F2N13O6. The average molecular weight is 962 g/mol. The summed E-state index contributed by atoms with van der Waals surface area (Å²) in [5.74, 6) is 1.69. The van der Waals surface area contributed by atoms with Gasteiger partial charge in [0, 0.05) is 49.8 Å². The minimum absolute atomic E-state index is 0.214. The zero-order valence-corrected chi connectivity index (χ0v) is 38.2. The molecule has 71 heavy (non-hydrogen) atoms. The number of amides is 2. The number of carbonyl (C=O) groups excluding carboxylic acids is 2. The Bertz CT molecular complexity index is 3190. The van der Waals surface area contributed by atoms with Crippen LogP contribution in [-0.2, 0) is 11.3 Å². The van der Waals surface area contributed by atoms with Gasteiger partial charge in [0.1, 0.15) is 53.0 Å². The molecule has 2 aromatic carbocycles. The number of benzene rings is 2. The molecule has 1 unspecified atom stereocenters. The fourth-order valence-electron chi connectivity index (χ4n) is 8.37. The monoisotopic (exact) mass is 961 g/mol. The standard InChI is InChI=1S/C50H45F2N13O6/c1-68-21-17-53-42-15-11-32(26-54-42)30-9-14-41-35(22-30)48(66)60-43-8-4-6-37(58-43)47-63-57-29-65(47)39(7-5-20-70-41)34-24-38-46-62-56-28-64(46)18-2-3-19-69-40-13-10-31(23-36(40)49(67)61-44(25-34)59-38)33-12-16-45(55-27-33)71-50(51)52/h4,6,8-16,22-29,39,50H,2-3,5,7,17-21H2,1H3,(H,53,54)(H,58,60,66)(H,59,61,67). The number of anilines is 3. The lowest BCUT2D eigenvalue weighted by molar-refractivity contribution is -0.0528. The third-order valence-electron chi connectivity index (χ3n) is 11.8. The summed E-state index contributed by atoms with van der Waals surface area (Å²) in [6.07, 6.45) is 8.73. The number of nitrogens with zero attached hydrogens (tertiary/aromatic N) is 10. The van der Waals surface area contributed by atoms with E-state index in [1.807, 2.05) is 33.4 Å². The summed E-state index contributed by atoms with van der Waals surface area (Å²) in [7, 11) is 1.64. The number of aromatic nitrogens is 10. The van der Waals surface area contributed by atoms with Crippen LogP contribution in [0.5, 0.6) is 17.4 Å². The summed E-state index contributed by atoms with van der Waals surface area (Å²) >= 11 is 0. The molecule has 10 rings (SSSR count). The largest absolute Gasteiger partial charge is 0.493 e. The van der Waals surface area contributed by atoms with Crippen LogP contribution in [0, 0.1) is 0 Å². The molecule has 3 N–H and O–H groups in total. The molecule has 360 valence electrons. The molecule has 21 heteroatoms. The second-order valence-electron chi connectivity index (χ2n) is 16.5. The van der Waals surface area contributed by atoms with Crippen LogP contribution in [-0.4, -0.2) is 101 Å². The molecule has 8 aromatic rings. The maximum Gasteiger partial charge on any atom is 0.388 e. The van der Waals surface area contributed by atoms with Crippen LogP contribution in [0.15, 0.2) is 116 Å². The van der Waals surface area contributed by atoms with E-state index < -0.39 is 24.5 Å². The third kappa shape index (κ3) is 10.5. The molecule has 2 amide bonds. The Morgan fingerprint density at radius 1 is 0.732 bits per heavy atom. The van der Waals surface area contributed by atoms with Crippen molar-refractivity contribution in [1.29, 1.82) is 0 Å². The summed E-state index contributed by atoms with van der Waals surface area (Å²) in [5, 5.41) is 26.8. The van der Waals surface area contributed by atoms with Crippen LogP contribution >= 0.6 is 0 Å². The first-order chi connectivity index (χ1) is 34.8. The van der Waals surface area contributed by atoms with Crippen molar-refractivity contribution in [2.45, 2.75) is 44.9 Å². The second kappa shape index (κ2) is 20.9. The smallest absolute Gasteiger partial charge is 0.388 e. The molecule has 0 saturated heterocycles. The first-order valence-electron chi connectivity index (χ1n) is 22.8. The maximum absolute atomic E-state index is 14.5. The molecule has 4 bridgehead atoms. The number of hydrogen-bond acceptors (Lipinski definition) is 15. The molecule has 6 aromatic heterocycles. The number of ether oxygens (including phenoxy) is 4. The Morgan fingerprint density at radius 2 is 1.42 bits per heavy atom. The van der Waals surface area contributed by atoms with Gasteiger partial charge in [-0.25, -0.2) is 19.9 Å². The topological polar surface area (TPSA) is 220 Å². The van der Waals surface area contributed by atoms with Gasteiger partial charge in [0.2, 0.25) is 5.88 Å². The molecule has 0 spiro atoms. The predicted octanol–water partition coefficient (Wildman–Crippen LogP) is 8.22. The lowest BCUT2D eigenvalue weighted by Crippen LogP contribution is -2.19. The van der Waals surface area contributed by atoms with Crippen LogP contribution in [0.2, 0.25) is 0 Å². The van der Waals surface area contributed by atoms with Gasteiger partial charge in [-0.3, -0.25) is 9.59 Å². The van der Waals surface area contributed by atoms with Gasteiger partial charge in [-0.05, 0) is 109 Å². The lowest BCUT2D eigenvalue weighted by atomic mass is 10.0. The van der Waals surface area contributed by atoms with Gasteiger partial charge in [-0.15, -0.1) is 20.4 Å². The quantitative estimate of drug-likeness (QED) is 0.116. The van der Waals surface area contributed by atoms with Gasteiger partial charge < -0.3 is 44.0 Å². The number of pyridine rings is 4. The van der Waals surface area contributed by atoms with Crippen molar-refractivity contribution < 1.29 is 37.3 Å². The minimum atomic E-state index is -3.02. The van der Waals surface area contributed by atoms with Crippen LogP contribution in [0.4, 0.5) is 26.2 Å². The van der Waals surface area contributed by atoms with E-state index in [9.17, 15) is 18.4 Å². The van der Waals surface area contributed by atoms with Crippen LogP contribution < -0.4 is 30.2 Å². The number of carbonyl (C=O) groups is 2. The molecule has 0 fully saturated rings. The van der Waals surface area contributed by atoms with Gasteiger partial charge in [-0.2, -0.15) is 8.78 Å². The van der Waals surface area contributed by atoms with Gasteiger partial charge in [0.25, 0.3) is 11.8 Å². The zero-order valence-electron chi connectivity index (χ0n) is 38.2. The molecule has 1 atom stereocenters. The number of rotatable bonds is 9. The second-order valence-corrected chi connectivity index (χ2v) is 16.5. The van der Waals surface area contributed by atoms with Crippen molar-refractivity contribution in [3.05, 3.63) is 133 Å². The number of aryl methyl sites for hydroxylation is 1. The number of halogens is 2. The van der Waals surface area contributed by atoms with Crippen molar-refractivity contribution in [2.75, 3.05) is 49.4 Å². The maximum atomic E-state index is 14.5. The van der Waals surface area contributed by atoms with E-state index in [2.05, 4.69) is 51.0 Å². The first-order valence-corrected chi connectivity index (χ1v) is 22.8. The molecule has 0 aliphatic carbocycles. The highest BCUT2D eigenvalue weighted by Crippen LogP contribution is 2.35. The van der Waals surface area contributed by atoms with Crippen LogP contribution in [0.3, 0.4) is 0 Å². The van der Waals surface area contributed by atoms with Crippen molar-refractivity contribution in [3.8, 4) is 62.7 Å². The Labute approximate surface area is 404 Å².